The maximum Gasteiger partial charge on any atom is 0.311 e. The van der Waals surface area contributed by atoms with Crippen molar-refractivity contribution in [3.05, 3.63) is 36.3 Å². The average Bonchev–Trinajstić information content (AvgIpc) is 3.23. The first-order valence-corrected chi connectivity index (χ1v) is 7.84. The molecule has 0 radical (unpaired) electrons. The first-order valence-electron chi connectivity index (χ1n) is 7.84. The molecule has 1 aliphatic rings. The standard InChI is InChI=1S/C17H19N3O4/c1-11(2)17(16(22)23)5-7-20(10-17)15(21)13-8-14(24-19-13)12-4-3-6-18-9-12/h3-4,6,8-9,11H,5,7,10H2,1-2H3,(H,22,23). The first-order chi connectivity index (χ1) is 11.4. The normalized spacial score (nSPS) is 20.5. The minimum Gasteiger partial charge on any atom is -0.481 e. The van der Waals surface area contributed by atoms with Gasteiger partial charge in [-0.2, -0.15) is 0 Å². The fourth-order valence-corrected chi connectivity index (χ4v) is 3.08. The summed E-state index contributed by atoms with van der Waals surface area (Å²) in [7, 11) is 0. The summed E-state index contributed by atoms with van der Waals surface area (Å²) in [6, 6.07) is 5.14. The number of carbonyl (C=O) groups is 2. The zero-order valence-electron chi connectivity index (χ0n) is 13.6. The Morgan fingerprint density at radius 1 is 1.42 bits per heavy atom. The number of aliphatic carboxylic acids is 1. The van der Waals surface area contributed by atoms with Crippen LogP contribution in [0.4, 0.5) is 0 Å². The maximum atomic E-state index is 12.6. The zero-order chi connectivity index (χ0) is 17.3. The van der Waals surface area contributed by atoms with Gasteiger partial charge in [-0.15, -0.1) is 0 Å². The lowest BCUT2D eigenvalue weighted by molar-refractivity contribution is -0.150. The second-order valence-corrected chi connectivity index (χ2v) is 6.41. The van der Waals surface area contributed by atoms with Crippen LogP contribution >= 0.6 is 0 Å². The van der Waals surface area contributed by atoms with Gasteiger partial charge in [-0.1, -0.05) is 19.0 Å². The van der Waals surface area contributed by atoms with Crippen LogP contribution in [0, 0.1) is 11.3 Å². The van der Waals surface area contributed by atoms with Crippen LogP contribution in [0.25, 0.3) is 11.3 Å². The van der Waals surface area contributed by atoms with Gasteiger partial charge in [0.2, 0.25) is 0 Å². The Hall–Kier alpha value is -2.70. The third kappa shape index (κ3) is 2.66. The van der Waals surface area contributed by atoms with Crippen molar-refractivity contribution in [3.8, 4) is 11.3 Å². The van der Waals surface area contributed by atoms with Crippen molar-refractivity contribution in [1.29, 1.82) is 0 Å². The molecular formula is C17H19N3O4. The summed E-state index contributed by atoms with van der Waals surface area (Å²) in [4.78, 5) is 29.8. The molecule has 2 aromatic rings. The Bertz CT molecular complexity index is 756. The molecule has 1 atom stereocenters. The monoisotopic (exact) mass is 329 g/mol. The molecule has 24 heavy (non-hydrogen) atoms. The minimum absolute atomic E-state index is 0.0592. The largest absolute Gasteiger partial charge is 0.481 e. The van der Waals surface area contributed by atoms with Crippen molar-refractivity contribution in [3.63, 3.8) is 0 Å². The Balaban J connectivity index is 1.79. The van der Waals surface area contributed by atoms with Crippen molar-refractivity contribution in [2.24, 2.45) is 11.3 Å². The topological polar surface area (TPSA) is 96.5 Å². The summed E-state index contributed by atoms with van der Waals surface area (Å²) in [5, 5.41) is 13.4. The van der Waals surface area contributed by atoms with Crippen LogP contribution < -0.4 is 0 Å². The number of nitrogens with zero attached hydrogens (tertiary/aromatic N) is 3. The smallest absolute Gasteiger partial charge is 0.311 e. The molecule has 1 N–H and O–H groups in total. The van der Waals surface area contributed by atoms with Gasteiger partial charge in [-0.3, -0.25) is 14.6 Å². The molecule has 1 amide bonds. The first kappa shape index (κ1) is 16.2. The third-order valence-electron chi connectivity index (χ3n) is 4.79. The van der Waals surface area contributed by atoms with Crippen LogP contribution in [0.15, 0.2) is 35.1 Å². The lowest BCUT2D eigenvalue weighted by atomic mass is 9.76. The van der Waals surface area contributed by atoms with Gasteiger partial charge in [0.25, 0.3) is 5.91 Å². The predicted octanol–water partition coefficient (Wildman–Crippen LogP) is 2.31. The summed E-state index contributed by atoms with van der Waals surface area (Å²) in [5.74, 6) is -0.767. The molecule has 3 rings (SSSR count). The van der Waals surface area contributed by atoms with E-state index in [0.717, 1.165) is 5.56 Å². The number of aromatic nitrogens is 2. The highest BCUT2D eigenvalue weighted by molar-refractivity contribution is 5.94. The summed E-state index contributed by atoms with van der Waals surface area (Å²) >= 11 is 0. The lowest BCUT2D eigenvalue weighted by Crippen LogP contribution is -2.40. The van der Waals surface area contributed by atoms with Crippen LogP contribution in [-0.4, -0.2) is 45.1 Å². The fourth-order valence-electron chi connectivity index (χ4n) is 3.08. The summed E-state index contributed by atoms with van der Waals surface area (Å²) in [6.07, 6.45) is 3.71. The second kappa shape index (κ2) is 6.07. The van der Waals surface area contributed by atoms with E-state index in [2.05, 4.69) is 10.1 Å². The Labute approximate surface area is 139 Å². The molecule has 126 valence electrons. The molecule has 0 aliphatic carbocycles. The van der Waals surface area contributed by atoms with E-state index in [1.165, 1.54) is 0 Å². The van der Waals surface area contributed by atoms with E-state index in [1.807, 2.05) is 19.9 Å². The van der Waals surface area contributed by atoms with E-state index >= 15 is 0 Å². The molecule has 7 nitrogen and oxygen atoms in total. The average molecular weight is 329 g/mol. The van der Waals surface area contributed by atoms with E-state index in [4.69, 9.17) is 4.52 Å². The number of carboxylic acids is 1. The number of amides is 1. The molecule has 0 saturated carbocycles. The predicted molar refractivity (Wildman–Crippen MR) is 85.2 cm³/mol. The van der Waals surface area contributed by atoms with Crippen LogP contribution in [0.5, 0.6) is 0 Å². The third-order valence-corrected chi connectivity index (χ3v) is 4.79. The molecule has 1 saturated heterocycles. The van der Waals surface area contributed by atoms with Gasteiger partial charge in [0.05, 0.1) is 5.41 Å². The molecule has 2 aromatic heterocycles. The molecule has 0 bridgehead atoms. The van der Waals surface area contributed by atoms with Crippen molar-refractivity contribution in [1.82, 2.24) is 15.0 Å². The number of carbonyl (C=O) groups excluding carboxylic acids is 1. The minimum atomic E-state index is -0.897. The van der Waals surface area contributed by atoms with Crippen molar-refractivity contribution in [2.75, 3.05) is 13.1 Å². The fraction of sp³-hybridized carbons (Fsp3) is 0.412. The number of hydrogen-bond acceptors (Lipinski definition) is 5. The van der Waals surface area contributed by atoms with Crippen LogP contribution in [0.2, 0.25) is 0 Å². The number of rotatable bonds is 4. The summed E-state index contributed by atoms with van der Waals surface area (Å²) in [5.41, 5.74) is 0.0114. The summed E-state index contributed by atoms with van der Waals surface area (Å²) in [6.45, 7) is 4.34. The van der Waals surface area contributed by atoms with Gasteiger partial charge in [0.15, 0.2) is 11.5 Å². The lowest BCUT2D eigenvalue weighted by Gasteiger charge is -2.28. The highest BCUT2D eigenvalue weighted by atomic mass is 16.5. The Kier molecular flexibility index (Phi) is 4.09. The number of carboxylic acid groups (broad SMARTS) is 1. The Morgan fingerprint density at radius 3 is 2.79 bits per heavy atom. The second-order valence-electron chi connectivity index (χ2n) is 6.41. The van der Waals surface area contributed by atoms with E-state index < -0.39 is 11.4 Å². The molecule has 3 heterocycles. The van der Waals surface area contributed by atoms with E-state index in [0.29, 0.717) is 18.7 Å². The SMILES string of the molecule is CC(C)C1(C(=O)O)CCN(C(=O)c2cc(-c3cccnc3)on2)C1. The van der Waals surface area contributed by atoms with Crippen LogP contribution in [0.3, 0.4) is 0 Å². The number of hydrogen-bond donors (Lipinski definition) is 1. The van der Waals surface area contributed by atoms with Crippen LogP contribution in [-0.2, 0) is 4.79 Å². The highest BCUT2D eigenvalue weighted by Gasteiger charge is 2.48. The van der Waals surface area contributed by atoms with E-state index in [-0.39, 0.29) is 24.1 Å². The van der Waals surface area contributed by atoms with Gasteiger partial charge >= 0.3 is 5.97 Å². The van der Waals surface area contributed by atoms with E-state index in [1.54, 1.807) is 29.4 Å². The van der Waals surface area contributed by atoms with E-state index in [9.17, 15) is 14.7 Å². The van der Waals surface area contributed by atoms with Gasteiger partial charge in [-0.25, -0.2) is 0 Å². The molecule has 0 spiro atoms. The molecule has 7 heteroatoms. The molecule has 0 aromatic carbocycles. The molecular weight excluding hydrogens is 310 g/mol. The van der Waals surface area contributed by atoms with Crippen molar-refractivity contribution in [2.45, 2.75) is 20.3 Å². The number of pyridine rings is 1. The summed E-state index contributed by atoms with van der Waals surface area (Å²) < 4.78 is 5.22. The van der Waals surface area contributed by atoms with Crippen LogP contribution in [0.1, 0.15) is 30.8 Å². The van der Waals surface area contributed by atoms with Gasteiger partial charge < -0.3 is 14.5 Å². The quantitative estimate of drug-likeness (QED) is 0.924. The van der Waals surface area contributed by atoms with Crippen molar-refractivity contribution < 1.29 is 19.2 Å². The van der Waals surface area contributed by atoms with Gasteiger partial charge in [-0.05, 0) is 24.5 Å². The maximum absolute atomic E-state index is 12.6. The molecule has 1 aliphatic heterocycles. The van der Waals surface area contributed by atoms with Gasteiger partial charge in [0, 0.05) is 37.1 Å². The zero-order valence-corrected chi connectivity index (χ0v) is 13.6. The molecule has 1 fully saturated rings. The Morgan fingerprint density at radius 2 is 2.21 bits per heavy atom. The highest BCUT2D eigenvalue weighted by Crippen LogP contribution is 2.38. The number of likely N-dealkylation sites (tertiary alicyclic amines) is 1. The molecule has 1 unspecified atom stereocenters. The van der Waals surface area contributed by atoms with Crippen molar-refractivity contribution >= 4 is 11.9 Å². The van der Waals surface area contributed by atoms with Gasteiger partial charge in [0.1, 0.15) is 0 Å².